The molecule has 0 saturated carbocycles. The van der Waals surface area contributed by atoms with Gasteiger partial charge in [-0.1, -0.05) is 30.3 Å². The minimum atomic E-state index is -0.741. The normalized spacial score (nSPS) is 13.4. The van der Waals surface area contributed by atoms with E-state index in [1.54, 1.807) is 11.8 Å². The van der Waals surface area contributed by atoms with Gasteiger partial charge in [0.05, 0.1) is 11.3 Å². The Hall–Kier alpha value is -1.49. The van der Waals surface area contributed by atoms with Crippen LogP contribution in [0.1, 0.15) is 26.5 Å². The summed E-state index contributed by atoms with van der Waals surface area (Å²) in [5.41, 5.74) is 1.43. The van der Waals surface area contributed by atoms with Crippen molar-refractivity contribution in [3.8, 4) is 11.4 Å². The molecule has 0 radical (unpaired) electrons. The molecule has 0 spiro atoms. The smallest absolute Gasteiger partial charge is 0.141 e. The Balaban J connectivity index is 2.03. The third-order valence-electron chi connectivity index (χ3n) is 4.63. The van der Waals surface area contributed by atoms with Crippen molar-refractivity contribution in [1.82, 2.24) is 9.55 Å². The zero-order chi connectivity index (χ0) is 18.2. The summed E-state index contributed by atoms with van der Waals surface area (Å²) < 4.78 is 2.04. The van der Waals surface area contributed by atoms with E-state index in [0.717, 1.165) is 38.3 Å². The van der Waals surface area contributed by atoms with Crippen LogP contribution in [0, 0.1) is 5.92 Å². The number of aromatic nitrogens is 2. The lowest BCUT2D eigenvalue weighted by atomic mass is 9.89. The van der Waals surface area contributed by atoms with Crippen LogP contribution in [0.25, 0.3) is 11.4 Å². The highest BCUT2D eigenvalue weighted by Gasteiger charge is 2.27. The molecule has 1 aromatic rings. The van der Waals surface area contributed by atoms with Gasteiger partial charge in [0.1, 0.15) is 5.82 Å². The average Bonchev–Trinajstić information content (AvgIpc) is 2.88. The Morgan fingerprint density at radius 3 is 2.56 bits per heavy atom. The monoisotopic (exact) mass is 374 g/mol. The second-order valence-corrected chi connectivity index (χ2v) is 8.58. The Kier molecular flexibility index (Phi) is 5.14. The lowest BCUT2D eigenvalue weighted by molar-refractivity contribution is 0.0245. The van der Waals surface area contributed by atoms with Crippen LogP contribution in [0.5, 0.6) is 0 Å². The van der Waals surface area contributed by atoms with E-state index in [9.17, 15) is 5.11 Å². The molecule has 132 valence electrons. The first-order valence-corrected chi connectivity index (χ1v) is 9.55. The van der Waals surface area contributed by atoms with Gasteiger partial charge in [0.2, 0.25) is 0 Å². The van der Waals surface area contributed by atoms with Crippen molar-refractivity contribution in [3.63, 3.8) is 0 Å². The fraction of sp³-hybridized carbons (Fsp3) is 0.350. The van der Waals surface area contributed by atoms with E-state index in [1.165, 1.54) is 0 Å². The maximum atomic E-state index is 10.3. The number of pyridine rings is 1. The molecule has 0 bridgehead atoms. The van der Waals surface area contributed by atoms with Crippen LogP contribution < -0.4 is 0 Å². The van der Waals surface area contributed by atoms with Gasteiger partial charge in [0.15, 0.2) is 0 Å². The molecular formula is C20H23ClN2OS. The molecule has 3 rings (SSSR count). The quantitative estimate of drug-likeness (QED) is 0.660. The number of hydrogen-bond acceptors (Lipinski definition) is 3. The van der Waals surface area contributed by atoms with Crippen molar-refractivity contribution < 1.29 is 5.11 Å². The molecule has 2 aliphatic rings. The Morgan fingerprint density at radius 1 is 1.24 bits per heavy atom. The average molecular weight is 375 g/mol. The summed E-state index contributed by atoms with van der Waals surface area (Å²) in [6.07, 6.45) is 2.74. The number of rotatable bonds is 5. The topological polar surface area (TPSA) is 38.0 Å². The number of halogens is 1. The SMILES string of the molecule is C[C@@H](Cc1nc2n(C)cccc-2c1Sc1ccc(Cl)cc1)C(C)(C)O. The van der Waals surface area contributed by atoms with Crippen LogP contribution >= 0.6 is 23.4 Å². The van der Waals surface area contributed by atoms with Crippen molar-refractivity contribution in [3.05, 3.63) is 53.3 Å². The van der Waals surface area contributed by atoms with Crippen molar-refractivity contribution >= 4 is 23.4 Å². The summed E-state index contributed by atoms with van der Waals surface area (Å²) in [6.45, 7) is 5.77. The molecule has 1 atom stereocenters. The summed E-state index contributed by atoms with van der Waals surface area (Å²) in [5.74, 6) is 1.07. The number of aryl methyl sites for hydroxylation is 1. The lowest BCUT2D eigenvalue weighted by Gasteiger charge is -2.25. The van der Waals surface area contributed by atoms with E-state index < -0.39 is 5.60 Å². The van der Waals surface area contributed by atoms with Crippen molar-refractivity contribution in [2.45, 2.75) is 42.6 Å². The molecule has 1 N–H and O–H groups in total. The number of benzene rings is 1. The van der Waals surface area contributed by atoms with Crippen molar-refractivity contribution in [2.75, 3.05) is 0 Å². The highest BCUT2D eigenvalue weighted by molar-refractivity contribution is 7.99. The van der Waals surface area contributed by atoms with Gasteiger partial charge in [0.25, 0.3) is 0 Å². The standard InChI is InChI=1S/C20H23ClN2OS/c1-13(20(2,3)24)12-17-18(25-15-9-7-14(21)8-10-15)16-6-5-11-23(4)19(16)22-17/h5-11,13,24H,12H2,1-4H3/t13-/m0/s1. The third kappa shape index (κ3) is 4.02. The minimum absolute atomic E-state index is 0.103. The molecule has 0 aromatic heterocycles. The Labute approximate surface area is 158 Å². The Morgan fingerprint density at radius 2 is 1.92 bits per heavy atom. The molecular weight excluding hydrogens is 352 g/mol. The first kappa shape index (κ1) is 18.3. The molecule has 0 aliphatic carbocycles. The van der Waals surface area contributed by atoms with Gasteiger partial charge < -0.3 is 9.67 Å². The maximum Gasteiger partial charge on any atom is 0.141 e. The lowest BCUT2D eigenvalue weighted by Crippen LogP contribution is -2.30. The fourth-order valence-electron chi connectivity index (χ4n) is 2.67. The largest absolute Gasteiger partial charge is 0.390 e. The van der Waals surface area contributed by atoms with Gasteiger partial charge >= 0.3 is 0 Å². The van der Waals surface area contributed by atoms with Crippen LogP contribution in [0.15, 0.2) is 52.4 Å². The fourth-order valence-corrected chi connectivity index (χ4v) is 3.82. The van der Waals surface area contributed by atoms with E-state index in [1.807, 2.05) is 62.0 Å². The third-order valence-corrected chi connectivity index (χ3v) is 6.05. The summed E-state index contributed by atoms with van der Waals surface area (Å²) in [5, 5.41) is 11.1. The van der Waals surface area contributed by atoms with Gasteiger partial charge in [0, 0.05) is 33.6 Å². The number of nitrogens with zero attached hydrogens (tertiary/aromatic N) is 2. The predicted molar refractivity (Wildman–Crippen MR) is 105 cm³/mol. The molecule has 0 saturated heterocycles. The molecule has 3 nitrogen and oxygen atoms in total. The van der Waals surface area contributed by atoms with E-state index in [0.29, 0.717) is 0 Å². The molecule has 0 fully saturated rings. The van der Waals surface area contributed by atoms with Gasteiger partial charge in [-0.2, -0.15) is 0 Å². The molecule has 25 heavy (non-hydrogen) atoms. The summed E-state index contributed by atoms with van der Waals surface area (Å²) in [4.78, 5) is 7.17. The summed E-state index contributed by atoms with van der Waals surface area (Å²) in [7, 11) is 2.01. The zero-order valence-electron chi connectivity index (χ0n) is 15.0. The van der Waals surface area contributed by atoms with Gasteiger partial charge in [-0.05, 0) is 62.6 Å². The number of fused-ring (bicyclic) bond motifs is 1. The van der Waals surface area contributed by atoms with E-state index in [4.69, 9.17) is 16.6 Å². The highest BCUT2D eigenvalue weighted by atomic mass is 35.5. The molecule has 2 heterocycles. The van der Waals surface area contributed by atoms with Gasteiger partial charge in [-0.15, -0.1) is 0 Å². The first-order chi connectivity index (χ1) is 11.8. The number of aliphatic hydroxyl groups is 1. The van der Waals surface area contributed by atoms with Gasteiger partial charge in [-0.3, -0.25) is 0 Å². The second-order valence-electron chi connectivity index (χ2n) is 7.06. The molecule has 0 amide bonds. The van der Waals surface area contributed by atoms with Gasteiger partial charge in [-0.25, -0.2) is 4.98 Å². The predicted octanol–water partition coefficient (Wildman–Crippen LogP) is 5.28. The summed E-state index contributed by atoms with van der Waals surface area (Å²) >= 11 is 7.71. The molecule has 5 heteroatoms. The van der Waals surface area contributed by atoms with Crippen LogP contribution in [0.2, 0.25) is 5.02 Å². The zero-order valence-corrected chi connectivity index (χ0v) is 16.5. The van der Waals surface area contributed by atoms with Crippen LogP contribution in [-0.2, 0) is 13.5 Å². The van der Waals surface area contributed by atoms with Crippen molar-refractivity contribution in [1.29, 1.82) is 0 Å². The first-order valence-electron chi connectivity index (χ1n) is 8.35. The summed E-state index contributed by atoms with van der Waals surface area (Å²) in [6, 6.07) is 12.0. The van der Waals surface area contributed by atoms with E-state index >= 15 is 0 Å². The van der Waals surface area contributed by atoms with E-state index in [-0.39, 0.29) is 5.92 Å². The maximum absolute atomic E-state index is 10.3. The minimum Gasteiger partial charge on any atom is -0.390 e. The highest BCUT2D eigenvalue weighted by Crippen LogP contribution is 2.41. The molecule has 2 aliphatic heterocycles. The number of hydrogen-bond donors (Lipinski definition) is 1. The van der Waals surface area contributed by atoms with Crippen LogP contribution in [0.4, 0.5) is 0 Å². The molecule has 1 aromatic carbocycles. The van der Waals surface area contributed by atoms with Crippen molar-refractivity contribution in [2.24, 2.45) is 13.0 Å². The molecule has 0 unspecified atom stereocenters. The Bertz CT molecular complexity index is 836. The van der Waals surface area contributed by atoms with E-state index in [2.05, 4.69) is 13.0 Å². The van der Waals surface area contributed by atoms with Crippen LogP contribution in [0.3, 0.4) is 0 Å². The van der Waals surface area contributed by atoms with Crippen LogP contribution in [-0.4, -0.2) is 20.3 Å². The second kappa shape index (κ2) is 7.02.